The van der Waals surface area contributed by atoms with Crippen molar-refractivity contribution in [1.82, 2.24) is 0 Å². The number of anilines is 1. The highest BCUT2D eigenvalue weighted by molar-refractivity contribution is 8.03. The number of aliphatic hydroxyl groups is 1. The lowest BCUT2D eigenvalue weighted by Gasteiger charge is -2.23. The fourth-order valence-corrected chi connectivity index (χ4v) is 5.75. The lowest BCUT2D eigenvalue weighted by molar-refractivity contribution is -0.669. The summed E-state index contributed by atoms with van der Waals surface area (Å²) in [7, 11) is -1.10. The van der Waals surface area contributed by atoms with Gasteiger partial charge < -0.3 is 19.5 Å². The number of aliphatic hydroxyl groups excluding tert-OH is 1. The maximum atomic E-state index is 11.3. The number of rotatable bonds is 8. The van der Waals surface area contributed by atoms with Crippen LogP contribution in [0.5, 0.6) is 11.5 Å². The number of hydrogen-bond acceptors (Lipinski definition) is 7. The molecule has 0 radical (unpaired) electrons. The molecule has 0 aliphatic carbocycles. The average molecular weight is 504 g/mol. The van der Waals surface area contributed by atoms with Crippen LogP contribution in [-0.2, 0) is 16.7 Å². The maximum absolute atomic E-state index is 11.3. The van der Waals surface area contributed by atoms with Crippen molar-refractivity contribution in [3.63, 3.8) is 0 Å². The summed E-state index contributed by atoms with van der Waals surface area (Å²) in [5.41, 5.74) is 2.81. The molecule has 0 saturated carbocycles. The van der Waals surface area contributed by atoms with E-state index in [0.717, 1.165) is 44.5 Å². The molecule has 4 rings (SSSR count). The third kappa shape index (κ3) is 5.15. The number of benzene rings is 2. The normalized spacial score (nSPS) is 15.6. The van der Waals surface area contributed by atoms with Gasteiger partial charge in [0.2, 0.25) is 11.2 Å². The Morgan fingerprint density at radius 1 is 1.09 bits per heavy atom. The smallest absolute Gasteiger partial charge is 0.267 e. The summed E-state index contributed by atoms with van der Waals surface area (Å²) in [5.74, 6) is 0.696. The zero-order valence-corrected chi connectivity index (χ0v) is 20.8. The molecule has 0 saturated heterocycles. The van der Waals surface area contributed by atoms with E-state index < -0.39 is 22.0 Å². The molecule has 1 atom stereocenters. The Hall–Kier alpha value is -2.79. The standard InChI is InChI=1S/C24H26N2O6S2/c1-4-25-17(6-5-16-11-19(31-2)7-9-21(16)25)12-24-26(14-18(27)15-34(28,29)30)22-13-20(32-3)8-10-23(22)33-24/h5-13,18,27H,4,14-15H2,1-3H3/p+1/t18-/m0/s1. The fourth-order valence-electron chi connectivity index (χ4n) is 4.06. The number of β-amino-alcohol motifs (C(OH)–C–C–N with tert-alkyl or cyclic N) is 1. The van der Waals surface area contributed by atoms with Gasteiger partial charge in [0.05, 0.1) is 43.0 Å². The summed E-state index contributed by atoms with van der Waals surface area (Å²) in [6, 6.07) is 15.6. The number of pyridine rings is 1. The van der Waals surface area contributed by atoms with Crippen molar-refractivity contribution in [3.8, 4) is 11.5 Å². The number of fused-ring (bicyclic) bond motifs is 2. The topological polar surface area (TPSA) is 100 Å². The maximum Gasteiger partial charge on any atom is 0.267 e. The molecule has 1 aromatic heterocycles. The molecule has 0 amide bonds. The van der Waals surface area contributed by atoms with Crippen LogP contribution in [0.2, 0.25) is 0 Å². The lowest BCUT2D eigenvalue weighted by atomic mass is 10.1. The third-order valence-electron chi connectivity index (χ3n) is 5.59. The van der Waals surface area contributed by atoms with E-state index in [2.05, 4.69) is 11.5 Å². The van der Waals surface area contributed by atoms with Crippen molar-refractivity contribution in [2.24, 2.45) is 0 Å². The largest absolute Gasteiger partial charge is 0.497 e. The Bertz CT molecular complexity index is 1360. The van der Waals surface area contributed by atoms with Crippen LogP contribution in [0.25, 0.3) is 17.0 Å². The van der Waals surface area contributed by atoms with E-state index in [4.69, 9.17) is 9.47 Å². The second-order valence-electron chi connectivity index (χ2n) is 7.86. The summed E-state index contributed by atoms with van der Waals surface area (Å²) in [5, 5.41) is 12.3. The van der Waals surface area contributed by atoms with Gasteiger partial charge in [-0.05, 0) is 37.3 Å². The van der Waals surface area contributed by atoms with E-state index in [-0.39, 0.29) is 6.54 Å². The van der Waals surface area contributed by atoms with Gasteiger partial charge in [-0.3, -0.25) is 4.55 Å². The van der Waals surface area contributed by atoms with Crippen LogP contribution < -0.4 is 18.9 Å². The van der Waals surface area contributed by atoms with Crippen LogP contribution in [0.3, 0.4) is 0 Å². The first kappa shape index (κ1) is 24.3. The first-order valence-corrected chi connectivity index (χ1v) is 13.1. The number of hydrogen-bond donors (Lipinski definition) is 2. The zero-order valence-electron chi connectivity index (χ0n) is 19.1. The first-order valence-electron chi connectivity index (χ1n) is 10.7. The highest BCUT2D eigenvalue weighted by Gasteiger charge is 2.30. The van der Waals surface area contributed by atoms with Crippen molar-refractivity contribution in [2.45, 2.75) is 24.5 Å². The molecule has 2 aromatic carbocycles. The molecule has 0 fully saturated rings. The Kier molecular flexibility index (Phi) is 7.04. The van der Waals surface area contributed by atoms with Gasteiger partial charge in [0.1, 0.15) is 23.8 Å². The summed E-state index contributed by atoms with van der Waals surface area (Å²) < 4.78 is 44.7. The van der Waals surface area contributed by atoms with E-state index >= 15 is 0 Å². The van der Waals surface area contributed by atoms with Gasteiger partial charge in [0, 0.05) is 29.2 Å². The molecule has 10 heteroatoms. The van der Waals surface area contributed by atoms with Crippen LogP contribution in [0.1, 0.15) is 12.6 Å². The molecular weight excluding hydrogens is 476 g/mol. The second kappa shape index (κ2) is 9.83. The monoisotopic (exact) mass is 503 g/mol. The quantitative estimate of drug-likeness (QED) is 0.357. The molecule has 3 aromatic rings. The highest BCUT2D eigenvalue weighted by atomic mass is 32.2. The van der Waals surface area contributed by atoms with Crippen molar-refractivity contribution in [1.29, 1.82) is 0 Å². The van der Waals surface area contributed by atoms with Gasteiger partial charge >= 0.3 is 0 Å². The summed E-state index contributed by atoms with van der Waals surface area (Å²) in [6.45, 7) is 2.80. The molecule has 1 aliphatic heterocycles. The van der Waals surface area contributed by atoms with E-state index in [1.165, 1.54) is 11.8 Å². The van der Waals surface area contributed by atoms with E-state index in [1.807, 2.05) is 59.5 Å². The first-order chi connectivity index (χ1) is 16.2. The Balaban J connectivity index is 1.78. The number of methoxy groups -OCH3 is 2. The van der Waals surface area contributed by atoms with Gasteiger partial charge in [0.25, 0.3) is 10.1 Å². The minimum absolute atomic E-state index is 0.00427. The fraction of sp³-hybridized carbons (Fsp3) is 0.292. The Morgan fingerprint density at radius 2 is 1.79 bits per heavy atom. The number of nitrogens with zero attached hydrogens (tertiary/aromatic N) is 2. The third-order valence-corrected chi connectivity index (χ3v) is 7.51. The van der Waals surface area contributed by atoms with Crippen LogP contribution in [0.4, 0.5) is 5.69 Å². The summed E-state index contributed by atoms with van der Waals surface area (Å²) in [6.07, 6.45) is 0.739. The molecule has 0 unspecified atom stereocenters. The summed E-state index contributed by atoms with van der Waals surface area (Å²) in [4.78, 5) is 2.82. The summed E-state index contributed by atoms with van der Waals surface area (Å²) >= 11 is 1.52. The van der Waals surface area contributed by atoms with Gasteiger partial charge in [0.15, 0.2) is 0 Å². The van der Waals surface area contributed by atoms with Crippen molar-refractivity contribution in [3.05, 3.63) is 59.3 Å². The van der Waals surface area contributed by atoms with Crippen LogP contribution in [-0.4, -0.2) is 50.7 Å². The minimum atomic E-state index is -4.31. The molecule has 2 N–H and O–H groups in total. The van der Waals surface area contributed by atoms with E-state index in [9.17, 15) is 18.1 Å². The van der Waals surface area contributed by atoms with Gasteiger partial charge in [-0.25, -0.2) is 0 Å². The Labute approximate surface area is 203 Å². The van der Waals surface area contributed by atoms with Crippen molar-refractivity contribution < 1.29 is 32.1 Å². The molecule has 2 heterocycles. The van der Waals surface area contributed by atoms with E-state index in [1.54, 1.807) is 14.2 Å². The van der Waals surface area contributed by atoms with Crippen molar-refractivity contribution in [2.75, 3.05) is 31.4 Å². The molecule has 1 aliphatic rings. The number of aromatic nitrogens is 1. The SMILES string of the molecule is CC[n+]1c(C=C2Sc3ccc(OC)cc3N2C[C@H](O)CS(=O)(=O)O)ccc2cc(OC)ccc21. The zero-order chi connectivity index (χ0) is 24.5. The lowest BCUT2D eigenvalue weighted by Crippen LogP contribution is -2.37. The highest BCUT2D eigenvalue weighted by Crippen LogP contribution is 2.48. The molecule has 0 bridgehead atoms. The predicted molar refractivity (Wildman–Crippen MR) is 133 cm³/mol. The van der Waals surface area contributed by atoms with Crippen LogP contribution in [0.15, 0.2) is 58.5 Å². The van der Waals surface area contributed by atoms with Crippen molar-refractivity contribution >= 4 is 44.5 Å². The predicted octanol–water partition coefficient (Wildman–Crippen LogP) is 3.32. The molecule has 0 spiro atoms. The number of aryl methyl sites for hydroxylation is 1. The Morgan fingerprint density at radius 3 is 2.47 bits per heavy atom. The van der Waals surface area contributed by atoms with Gasteiger partial charge in [-0.1, -0.05) is 11.8 Å². The average Bonchev–Trinajstić information content (AvgIpc) is 3.13. The molecule has 180 valence electrons. The molecule has 8 nitrogen and oxygen atoms in total. The molecule has 34 heavy (non-hydrogen) atoms. The van der Waals surface area contributed by atoms with E-state index in [0.29, 0.717) is 5.75 Å². The van der Waals surface area contributed by atoms with Gasteiger partial charge in [-0.15, -0.1) is 0 Å². The molecular formula is C24H27N2O6S2+. The van der Waals surface area contributed by atoms with Gasteiger partial charge in [-0.2, -0.15) is 13.0 Å². The van der Waals surface area contributed by atoms with Crippen LogP contribution >= 0.6 is 11.8 Å². The number of ether oxygens (including phenoxy) is 2. The number of thioether (sulfide) groups is 1. The second-order valence-corrected chi connectivity index (χ2v) is 10.4. The van der Waals surface area contributed by atoms with Crippen LogP contribution in [0, 0.1) is 0 Å². The minimum Gasteiger partial charge on any atom is -0.497 e.